The first-order valence-corrected chi connectivity index (χ1v) is 11.8. The maximum absolute atomic E-state index is 13.0. The number of nitrogens with zero attached hydrogens (tertiary/aromatic N) is 3. The first kappa shape index (κ1) is 17.6. The van der Waals surface area contributed by atoms with Gasteiger partial charge in [-0.25, -0.2) is 14.4 Å². The quantitative estimate of drug-likeness (QED) is 0.510. The molecule has 0 bridgehead atoms. The van der Waals surface area contributed by atoms with Gasteiger partial charge in [0.05, 0.1) is 6.20 Å². The van der Waals surface area contributed by atoms with E-state index >= 15 is 0 Å². The van der Waals surface area contributed by atoms with E-state index in [0.29, 0.717) is 27.9 Å². The van der Waals surface area contributed by atoms with Gasteiger partial charge in [0.2, 0.25) is 0 Å². The predicted molar refractivity (Wildman–Crippen MR) is 92.2 cm³/mol. The molecule has 0 radical (unpaired) electrons. The minimum Gasteiger partial charge on any atom is -0.361 e. The van der Waals surface area contributed by atoms with E-state index in [-0.39, 0.29) is 6.73 Å². The molecule has 0 N–H and O–H groups in total. The van der Waals surface area contributed by atoms with Gasteiger partial charge in [-0.1, -0.05) is 31.2 Å². The summed E-state index contributed by atoms with van der Waals surface area (Å²) in [4.78, 5) is 8.37. The van der Waals surface area contributed by atoms with Crippen molar-refractivity contribution in [3.05, 3.63) is 33.9 Å². The van der Waals surface area contributed by atoms with Crippen LogP contribution in [0.25, 0.3) is 11.5 Å². The standard InChI is InChI=1S/C14H18BrClFN3OSi/c1-22(2,3)7-6-21-9-20-13(16)12(15)19-14(20)11-5-4-10(17)8-18-11/h4-5,8H,6-7,9H2,1-3H3. The molecule has 0 aliphatic heterocycles. The molecule has 120 valence electrons. The number of rotatable bonds is 6. The topological polar surface area (TPSA) is 39.9 Å². The summed E-state index contributed by atoms with van der Waals surface area (Å²) >= 11 is 9.55. The smallest absolute Gasteiger partial charge is 0.163 e. The van der Waals surface area contributed by atoms with Crippen LogP contribution in [-0.2, 0) is 11.5 Å². The molecule has 0 fully saturated rings. The third kappa shape index (κ3) is 4.61. The van der Waals surface area contributed by atoms with Crippen LogP contribution < -0.4 is 0 Å². The Morgan fingerprint density at radius 3 is 2.68 bits per heavy atom. The second-order valence-electron chi connectivity index (χ2n) is 6.15. The van der Waals surface area contributed by atoms with Gasteiger partial charge in [0.15, 0.2) is 5.82 Å². The van der Waals surface area contributed by atoms with Gasteiger partial charge in [0.1, 0.15) is 28.0 Å². The molecule has 2 heterocycles. The summed E-state index contributed by atoms with van der Waals surface area (Å²) < 4.78 is 21.0. The van der Waals surface area contributed by atoms with Crippen molar-refractivity contribution in [2.45, 2.75) is 32.4 Å². The fourth-order valence-electron chi connectivity index (χ4n) is 1.76. The van der Waals surface area contributed by atoms with Gasteiger partial charge in [-0.15, -0.1) is 0 Å². The Labute approximate surface area is 143 Å². The Morgan fingerprint density at radius 1 is 1.36 bits per heavy atom. The maximum Gasteiger partial charge on any atom is 0.163 e. The number of halogens is 3. The van der Waals surface area contributed by atoms with E-state index in [1.54, 1.807) is 10.6 Å². The number of hydrogen-bond donors (Lipinski definition) is 0. The van der Waals surface area contributed by atoms with Crippen LogP contribution in [0, 0.1) is 5.82 Å². The summed E-state index contributed by atoms with van der Waals surface area (Å²) in [5, 5.41) is 0.439. The van der Waals surface area contributed by atoms with Crippen LogP contribution in [0.4, 0.5) is 4.39 Å². The highest BCUT2D eigenvalue weighted by Crippen LogP contribution is 2.28. The van der Waals surface area contributed by atoms with Gasteiger partial charge >= 0.3 is 0 Å². The van der Waals surface area contributed by atoms with Crippen molar-refractivity contribution in [2.24, 2.45) is 0 Å². The summed E-state index contributed by atoms with van der Waals surface area (Å²) in [6.45, 7) is 7.86. The molecule has 0 atom stereocenters. The van der Waals surface area contributed by atoms with Crippen LogP contribution in [0.5, 0.6) is 0 Å². The van der Waals surface area contributed by atoms with Gasteiger partial charge in [-0.2, -0.15) is 0 Å². The zero-order valence-corrected chi connectivity index (χ0v) is 16.1. The molecule has 0 aliphatic carbocycles. The molecule has 22 heavy (non-hydrogen) atoms. The molecule has 2 rings (SSSR count). The van der Waals surface area contributed by atoms with Crippen molar-refractivity contribution >= 4 is 35.6 Å². The van der Waals surface area contributed by atoms with E-state index in [9.17, 15) is 4.39 Å². The van der Waals surface area contributed by atoms with Crippen molar-refractivity contribution in [1.29, 1.82) is 0 Å². The fraction of sp³-hybridized carbons (Fsp3) is 0.429. The molecule has 0 aliphatic rings. The number of pyridine rings is 1. The lowest BCUT2D eigenvalue weighted by atomic mass is 10.3. The SMILES string of the molecule is C[Si](C)(C)CCOCn1c(-c2ccc(F)cn2)nc(Br)c1Cl. The van der Waals surface area contributed by atoms with E-state index in [1.807, 2.05) is 0 Å². The molecule has 0 saturated heterocycles. The van der Waals surface area contributed by atoms with Crippen LogP contribution >= 0.6 is 27.5 Å². The Kier molecular flexibility index (Phi) is 5.76. The summed E-state index contributed by atoms with van der Waals surface area (Å²) in [7, 11) is -1.13. The van der Waals surface area contributed by atoms with Gasteiger partial charge in [-0.05, 0) is 34.1 Å². The summed E-state index contributed by atoms with van der Waals surface area (Å²) in [6.07, 6.45) is 1.15. The van der Waals surface area contributed by atoms with Crippen molar-refractivity contribution in [3.8, 4) is 11.5 Å². The summed E-state index contributed by atoms with van der Waals surface area (Å²) in [5.74, 6) is 0.156. The lowest BCUT2D eigenvalue weighted by Gasteiger charge is -2.16. The van der Waals surface area contributed by atoms with Crippen molar-refractivity contribution in [2.75, 3.05) is 6.61 Å². The lowest BCUT2D eigenvalue weighted by molar-refractivity contribution is 0.0884. The predicted octanol–water partition coefficient (Wildman–Crippen LogP) is 4.81. The van der Waals surface area contributed by atoms with Gasteiger partial charge in [0.25, 0.3) is 0 Å². The molecular weight excluding hydrogens is 389 g/mol. The molecule has 0 aromatic carbocycles. The number of hydrogen-bond acceptors (Lipinski definition) is 3. The molecule has 0 unspecified atom stereocenters. The second-order valence-corrected chi connectivity index (χ2v) is 12.9. The zero-order valence-electron chi connectivity index (χ0n) is 12.7. The zero-order chi connectivity index (χ0) is 16.3. The van der Waals surface area contributed by atoms with E-state index in [2.05, 4.69) is 45.5 Å². The highest BCUT2D eigenvalue weighted by Gasteiger charge is 2.17. The monoisotopic (exact) mass is 405 g/mol. The molecule has 0 saturated carbocycles. The Morgan fingerprint density at radius 2 is 2.09 bits per heavy atom. The van der Waals surface area contributed by atoms with E-state index in [0.717, 1.165) is 12.2 Å². The molecule has 4 nitrogen and oxygen atoms in total. The van der Waals surface area contributed by atoms with Gasteiger partial charge in [0, 0.05) is 14.7 Å². The number of aromatic nitrogens is 3. The lowest BCUT2D eigenvalue weighted by Crippen LogP contribution is -2.22. The molecule has 0 amide bonds. The van der Waals surface area contributed by atoms with Crippen LogP contribution in [-0.4, -0.2) is 29.2 Å². The third-order valence-corrected chi connectivity index (χ3v) is 5.91. The first-order chi connectivity index (χ1) is 10.3. The van der Waals surface area contributed by atoms with Crippen LogP contribution in [0.3, 0.4) is 0 Å². The minimum atomic E-state index is -1.13. The normalized spacial score (nSPS) is 11.9. The molecular formula is C14H18BrClFN3OSi. The Bertz CT molecular complexity index is 643. The van der Waals surface area contributed by atoms with Crippen molar-refractivity contribution in [1.82, 2.24) is 14.5 Å². The first-order valence-electron chi connectivity index (χ1n) is 6.89. The third-order valence-electron chi connectivity index (χ3n) is 3.04. The minimum absolute atomic E-state index is 0.288. The van der Waals surface area contributed by atoms with Crippen molar-refractivity contribution in [3.63, 3.8) is 0 Å². The van der Waals surface area contributed by atoms with Gasteiger partial charge < -0.3 is 4.74 Å². The number of imidazole rings is 1. The highest BCUT2D eigenvalue weighted by atomic mass is 79.9. The van der Waals surface area contributed by atoms with E-state index in [1.165, 1.54) is 6.07 Å². The van der Waals surface area contributed by atoms with E-state index < -0.39 is 13.9 Å². The van der Waals surface area contributed by atoms with Crippen molar-refractivity contribution < 1.29 is 9.13 Å². The van der Waals surface area contributed by atoms with E-state index in [4.69, 9.17) is 16.3 Å². The molecule has 2 aromatic heterocycles. The summed E-state index contributed by atoms with van der Waals surface area (Å²) in [6, 6.07) is 3.98. The Hall–Kier alpha value is -0.763. The fourth-order valence-corrected chi connectivity index (χ4v) is 3.07. The van der Waals surface area contributed by atoms with Crippen LogP contribution in [0.2, 0.25) is 30.8 Å². The average Bonchev–Trinajstić information content (AvgIpc) is 2.71. The van der Waals surface area contributed by atoms with Gasteiger partial charge in [-0.3, -0.25) is 4.57 Å². The molecule has 2 aromatic rings. The molecule has 0 spiro atoms. The van der Waals surface area contributed by atoms with Crippen LogP contribution in [0.15, 0.2) is 22.9 Å². The Balaban J connectivity index is 2.15. The maximum atomic E-state index is 13.0. The average molecular weight is 407 g/mol. The van der Waals surface area contributed by atoms with Crippen LogP contribution in [0.1, 0.15) is 0 Å². The highest BCUT2D eigenvalue weighted by molar-refractivity contribution is 9.10. The molecule has 8 heteroatoms. The largest absolute Gasteiger partial charge is 0.361 e. The second kappa shape index (κ2) is 7.21. The number of ether oxygens (including phenoxy) is 1. The summed E-state index contributed by atoms with van der Waals surface area (Å²) in [5.41, 5.74) is 0.544.